The number of cyclic esters (lactones) is 1. The van der Waals surface area contributed by atoms with Gasteiger partial charge in [0.1, 0.15) is 24.4 Å². The van der Waals surface area contributed by atoms with E-state index in [0.29, 0.717) is 28.2 Å². The van der Waals surface area contributed by atoms with Crippen LogP contribution in [0.25, 0.3) is 0 Å². The predicted octanol–water partition coefficient (Wildman–Crippen LogP) is 2.75. The molecular formula is C32H32O13S. The van der Waals surface area contributed by atoms with Gasteiger partial charge in [0.05, 0.1) is 44.3 Å². The highest BCUT2D eigenvalue weighted by molar-refractivity contribution is 7.10. The molecule has 3 N–H and O–H groups in total. The molecule has 1 unspecified atom stereocenters. The topological polar surface area (TPSA) is 161 Å². The van der Waals surface area contributed by atoms with Crippen LogP contribution in [0.15, 0.2) is 41.8 Å². The van der Waals surface area contributed by atoms with Gasteiger partial charge in [-0.05, 0) is 52.4 Å². The number of carbonyl (C=O) groups is 1. The molecule has 0 saturated carbocycles. The highest BCUT2D eigenvalue weighted by Gasteiger charge is 2.56. The number of hydrogen-bond acceptors (Lipinski definition) is 14. The molecule has 244 valence electrons. The van der Waals surface area contributed by atoms with Crippen molar-refractivity contribution in [2.45, 2.75) is 49.0 Å². The predicted molar refractivity (Wildman–Crippen MR) is 156 cm³/mol. The van der Waals surface area contributed by atoms with Gasteiger partial charge in [-0.25, -0.2) is 0 Å². The maximum atomic E-state index is 13.5. The van der Waals surface area contributed by atoms with Gasteiger partial charge in [-0.15, -0.1) is 11.3 Å². The molecule has 5 aliphatic rings. The lowest BCUT2D eigenvalue weighted by molar-refractivity contribution is -0.368. The number of ether oxygens (including phenoxy) is 9. The number of phenols is 1. The summed E-state index contributed by atoms with van der Waals surface area (Å²) >= 11 is 1.46. The van der Waals surface area contributed by atoms with Crippen LogP contribution >= 0.6 is 11.3 Å². The van der Waals surface area contributed by atoms with Crippen molar-refractivity contribution >= 4 is 17.3 Å². The lowest BCUT2D eigenvalue weighted by atomic mass is 9.66. The van der Waals surface area contributed by atoms with Crippen molar-refractivity contribution in [1.29, 1.82) is 0 Å². The summed E-state index contributed by atoms with van der Waals surface area (Å²) in [7, 11) is 2.86. The number of aromatic hydroxyl groups is 1. The van der Waals surface area contributed by atoms with Crippen molar-refractivity contribution in [3.8, 4) is 28.7 Å². The second-order valence-electron chi connectivity index (χ2n) is 11.8. The van der Waals surface area contributed by atoms with Crippen molar-refractivity contribution in [3.63, 3.8) is 0 Å². The zero-order chi connectivity index (χ0) is 31.7. The molecule has 0 spiro atoms. The molecule has 14 heteroatoms. The van der Waals surface area contributed by atoms with E-state index in [9.17, 15) is 20.1 Å². The van der Waals surface area contributed by atoms with E-state index in [1.54, 1.807) is 18.2 Å². The van der Waals surface area contributed by atoms with E-state index >= 15 is 0 Å². The van der Waals surface area contributed by atoms with Crippen molar-refractivity contribution in [2.24, 2.45) is 11.8 Å². The van der Waals surface area contributed by atoms with Gasteiger partial charge >= 0.3 is 5.97 Å². The summed E-state index contributed by atoms with van der Waals surface area (Å²) in [6.45, 7) is 0.171. The maximum absolute atomic E-state index is 13.5. The molecule has 10 atom stereocenters. The third-order valence-electron chi connectivity index (χ3n) is 9.37. The molecule has 5 heterocycles. The molecular weight excluding hydrogens is 624 g/mol. The van der Waals surface area contributed by atoms with E-state index in [2.05, 4.69) is 0 Å². The van der Waals surface area contributed by atoms with Crippen LogP contribution < -0.4 is 18.9 Å². The Balaban J connectivity index is 1.16. The molecule has 2 aromatic carbocycles. The SMILES string of the molecule is COc1cc([C@@H]2c3cc4c(cc3[C@H](O[C@@H]3O[C@@H]5COC(c6cccs6)O[C@H]5[C@H](O)[C@H]3O)[C@H]3COC(=O)[C@H]23)OCO4)cc(OC)c1O. The van der Waals surface area contributed by atoms with Crippen LogP contribution in [0, 0.1) is 11.8 Å². The molecule has 0 bridgehead atoms. The molecule has 3 fully saturated rings. The summed E-state index contributed by atoms with van der Waals surface area (Å²) in [5, 5.41) is 35.0. The fraction of sp³-hybridized carbons (Fsp3) is 0.469. The number of rotatable bonds is 6. The molecule has 0 radical (unpaired) electrons. The fourth-order valence-electron chi connectivity index (χ4n) is 7.18. The number of hydrogen-bond donors (Lipinski definition) is 3. The van der Waals surface area contributed by atoms with E-state index in [0.717, 1.165) is 4.88 Å². The normalized spacial score (nSPS) is 34.3. The van der Waals surface area contributed by atoms with Gasteiger partial charge in [-0.2, -0.15) is 0 Å². The average Bonchev–Trinajstić information content (AvgIpc) is 3.85. The quantitative estimate of drug-likeness (QED) is 0.333. The smallest absolute Gasteiger partial charge is 0.310 e. The first-order chi connectivity index (χ1) is 22.4. The van der Waals surface area contributed by atoms with E-state index in [1.807, 2.05) is 23.6 Å². The number of phenolic OH excluding ortho intramolecular Hbond substituents is 1. The number of methoxy groups -OCH3 is 2. The summed E-state index contributed by atoms with van der Waals surface area (Å²) in [5.41, 5.74) is 2.00. The Morgan fingerprint density at radius 2 is 1.65 bits per heavy atom. The summed E-state index contributed by atoms with van der Waals surface area (Å²) in [6.07, 6.45) is -7.16. The first-order valence-electron chi connectivity index (χ1n) is 14.9. The fourth-order valence-corrected chi connectivity index (χ4v) is 7.89. The first-order valence-corrected chi connectivity index (χ1v) is 15.8. The maximum Gasteiger partial charge on any atom is 0.310 e. The van der Waals surface area contributed by atoms with Crippen LogP contribution in [-0.4, -0.2) is 86.2 Å². The van der Waals surface area contributed by atoms with Gasteiger partial charge in [-0.1, -0.05) is 6.07 Å². The lowest BCUT2D eigenvalue weighted by Gasteiger charge is -2.48. The van der Waals surface area contributed by atoms with Crippen LogP contribution in [0.5, 0.6) is 28.7 Å². The van der Waals surface area contributed by atoms with E-state index in [-0.39, 0.29) is 37.3 Å². The Kier molecular flexibility index (Phi) is 7.48. The van der Waals surface area contributed by atoms with Gasteiger partial charge in [0, 0.05) is 11.8 Å². The molecule has 46 heavy (non-hydrogen) atoms. The minimum atomic E-state index is -1.47. The lowest BCUT2D eigenvalue weighted by Crippen LogP contribution is -2.62. The van der Waals surface area contributed by atoms with E-state index in [1.165, 1.54) is 25.6 Å². The van der Waals surface area contributed by atoms with E-state index in [4.69, 9.17) is 42.6 Å². The van der Waals surface area contributed by atoms with Crippen molar-refractivity contribution < 1.29 is 62.7 Å². The Labute approximate surface area is 267 Å². The molecule has 4 aliphatic heterocycles. The van der Waals surface area contributed by atoms with E-state index < -0.39 is 66.8 Å². The van der Waals surface area contributed by atoms with Gasteiger partial charge in [0.2, 0.25) is 12.5 Å². The molecule has 3 aromatic rings. The number of aliphatic hydroxyl groups excluding tert-OH is 2. The van der Waals surface area contributed by atoms with Crippen LogP contribution in [-0.2, 0) is 28.5 Å². The number of esters is 1. The van der Waals surface area contributed by atoms with Crippen molar-refractivity contribution in [3.05, 3.63) is 63.3 Å². The standard InChI is InChI=1S/C32H32O13S/c1-37-19-6-13(7-20(38-2)25(19)33)23-14-8-17-18(42-12-41-17)9-15(14)28(16-10-39-30(36)24(16)23)44-32-27(35)26(34)29-21(43-32)11-40-31(45-29)22-4-3-5-46-22/h3-9,16,21,23-24,26-29,31-35H,10-12H2,1-2H3/t16-,21+,23+,24-,26+,27+,28-,29+,31?,32-/m0/s1. The Hall–Kier alpha value is -3.63. The van der Waals surface area contributed by atoms with Crippen molar-refractivity contribution in [1.82, 2.24) is 0 Å². The molecule has 13 nitrogen and oxygen atoms in total. The molecule has 1 aliphatic carbocycles. The average molecular weight is 657 g/mol. The van der Waals surface area contributed by atoms with Crippen LogP contribution in [0.1, 0.15) is 39.9 Å². The van der Waals surface area contributed by atoms with Gasteiger partial charge in [0.25, 0.3) is 0 Å². The largest absolute Gasteiger partial charge is 0.502 e. The second-order valence-corrected chi connectivity index (χ2v) is 12.7. The zero-order valence-corrected chi connectivity index (χ0v) is 25.6. The molecule has 8 rings (SSSR count). The third-order valence-corrected chi connectivity index (χ3v) is 10.3. The number of aliphatic hydroxyl groups is 2. The minimum Gasteiger partial charge on any atom is -0.502 e. The monoisotopic (exact) mass is 656 g/mol. The Bertz CT molecular complexity index is 1600. The third kappa shape index (κ3) is 4.70. The number of carbonyl (C=O) groups excluding carboxylic acids is 1. The van der Waals surface area contributed by atoms with Gasteiger partial charge in [0.15, 0.2) is 35.6 Å². The molecule has 3 saturated heterocycles. The first kappa shape index (κ1) is 29.8. The van der Waals surface area contributed by atoms with Crippen LogP contribution in [0.4, 0.5) is 0 Å². The van der Waals surface area contributed by atoms with Crippen LogP contribution in [0.3, 0.4) is 0 Å². The Morgan fingerprint density at radius 1 is 0.913 bits per heavy atom. The molecule has 0 amide bonds. The summed E-state index contributed by atoms with van der Waals surface area (Å²) in [6, 6.07) is 10.7. The highest BCUT2D eigenvalue weighted by Crippen LogP contribution is 2.57. The minimum absolute atomic E-state index is 0.0242. The number of thiophene rings is 1. The summed E-state index contributed by atoms with van der Waals surface area (Å²) in [4.78, 5) is 14.3. The molecule has 1 aromatic heterocycles. The summed E-state index contributed by atoms with van der Waals surface area (Å²) in [5.74, 6) is -1.08. The second kappa shape index (κ2) is 11.6. The van der Waals surface area contributed by atoms with Gasteiger partial charge in [-0.3, -0.25) is 4.79 Å². The van der Waals surface area contributed by atoms with Gasteiger partial charge < -0.3 is 58.0 Å². The zero-order valence-electron chi connectivity index (χ0n) is 24.8. The number of fused-ring (bicyclic) bond motifs is 4. The highest BCUT2D eigenvalue weighted by atomic mass is 32.1. The van der Waals surface area contributed by atoms with Crippen LogP contribution in [0.2, 0.25) is 0 Å². The van der Waals surface area contributed by atoms with Crippen molar-refractivity contribution in [2.75, 3.05) is 34.2 Å². The number of benzene rings is 2. The Morgan fingerprint density at radius 3 is 2.35 bits per heavy atom. The summed E-state index contributed by atoms with van der Waals surface area (Å²) < 4.78 is 52.6.